The Balaban J connectivity index is 1.32. The number of ether oxygens (including phenoxy) is 1. The Labute approximate surface area is 201 Å². The highest BCUT2D eigenvalue weighted by molar-refractivity contribution is 7.91. The van der Waals surface area contributed by atoms with Crippen molar-refractivity contribution in [1.29, 1.82) is 0 Å². The van der Waals surface area contributed by atoms with Gasteiger partial charge in [-0.15, -0.1) is 11.3 Å². The predicted octanol–water partition coefficient (Wildman–Crippen LogP) is 5.28. The van der Waals surface area contributed by atoms with Crippen LogP contribution in [0, 0.1) is 0 Å². The fourth-order valence-corrected chi connectivity index (χ4v) is 6.46. The van der Waals surface area contributed by atoms with Crippen LogP contribution >= 0.6 is 11.3 Å². The molecule has 0 saturated carbocycles. The maximum absolute atomic E-state index is 13.2. The van der Waals surface area contributed by atoms with Crippen molar-refractivity contribution in [2.24, 2.45) is 0 Å². The molecule has 0 amide bonds. The molecule has 0 aliphatic heterocycles. The third kappa shape index (κ3) is 4.71. The van der Waals surface area contributed by atoms with Crippen molar-refractivity contribution in [3.8, 4) is 5.75 Å². The molecule has 0 bridgehead atoms. The normalized spacial score (nSPS) is 13.0. The predicted molar refractivity (Wildman–Crippen MR) is 134 cm³/mol. The van der Waals surface area contributed by atoms with Gasteiger partial charge in [0.15, 0.2) is 0 Å². The number of aliphatic hydroxyl groups excluding tert-OH is 1. The van der Waals surface area contributed by atoms with E-state index < -0.39 is 16.1 Å². The number of fused-ring (bicyclic) bond motifs is 3. The lowest BCUT2D eigenvalue weighted by atomic mass is 10.1. The second-order valence-electron chi connectivity index (χ2n) is 7.94. The summed E-state index contributed by atoms with van der Waals surface area (Å²) in [5.41, 5.74) is 2.39. The van der Waals surface area contributed by atoms with Gasteiger partial charge in [-0.3, -0.25) is 0 Å². The zero-order valence-electron chi connectivity index (χ0n) is 18.2. The second kappa shape index (κ2) is 9.60. The molecule has 0 saturated heterocycles. The molecule has 0 unspecified atom stereocenters. The standard InChI is InChI=1S/C26H23NO5S2/c28-20(18-31-21-12-13-25-23(15-21)22-9-4-5-10-24(22)32-25)17-27(16-19-7-2-1-3-8-19)34(29,30)26-11-6-14-33-26/h1-15,20,28H,16-18H2/t20-/m0/s1. The molecule has 5 rings (SSSR count). The fraction of sp³-hybridized carbons (Fsp3) is 0.154. The summed E-state index contributed by atoms with van der Waals surface area (Å²) in [7, 11) is -3.76. The third-order valence-corrected chi connectivity index (χ3v) is 8.68. The number of furan rings is 1. The number of rotatable bonds is 9. The van der Waals surface area contributed by atoms with Gasteiger partial charge in [-0.1, -0.05) is 54.6 Å². The Bertz CT molecular complexity index is 1490. The minimum atomic E-state index is -3.76. The molecule has 0 fully saturated rings. The van der Waals surface area contributed by atoms with Crippen LogP contribution < -0.4 is 4.74 Å². The Morgan fingerprint density at radius 2 is 1.68 bits per heavy atom. The highest BCUT2D eigenvalue weighted by Crippen LogP contribution is 2.31. The molecule has 6 nitrogen and oxygen atoms in total. The van der Waals surface area contributed by atoms with Crippen molar-refractivity contribution in [2.45, 2.75) is 16.9 Å². The maximum Gasteiger partial charge on any atom is 0.252 e. The van der Waals surface area contributed by atoms with E-state index in [4.69, 9.17) is 9.15 Å². The number of thiophene rings is 1. The van der Waals surface area contributed by atoms with Crippen molar-refractivity contribution >= 4 is 43.3 Å². The van der Waals surface area contributed by atoms with Gasteiger partial charge < -0.3 is 14.3 Å². The van der Waals surface area contributed by atoms with Crippen molar-refractivity contribution in [2.75, 3.05) is 13.2 Å². The first kappa shape index (κ1) is 22.6. The van der Waals surface area contributed by atoms with E-state index in [1.54, 1.807) is 23.6 Å². The van der Waals surface area contributed by atoms with E-state index in [2.05, 4.69) is 0 Å². The largest absolute Gasteiger partial charge is 0.491 e. The van der Waals surface area contributed by atoms with E-state index in [1.165, 1.54) is 4.31 Å². The Morgan fingerprint density at radius 1 is 0.912 bits per heavy atom. The lowest BCUT2D eigenvalue weighted by molar-refractivity contribution is 0.0882. The van der Waals surface area contributed by atoms with Gasteiger partial charge in [-0.2, -0.15) is 4.31 Å². The topological polar surface area (TPSA) is 80.0 Å². The van der Waals surface area contributed by atoms with Crippen LogP contribution in [-0.2, 0) is 16.6 Å². The number of hydrogen-bond acceptors (Lipinski definition) is 6. The monoisotopic (exact) mass is 493 g/mol. The molecule has 34 heavy (non-hydrogen) atoms. The van der Waals surface area contributed by atoms with E-state index in [-0.39, 0.29) is 23.9 Å². The first-order chi connectivity index (χ1) is 16.5. The number of sulfonamides is 1. The van der Waals surface area contributed by atoms with Gasteiger partial charge in [0.25, 0.3) is 10.0 Å². The quantitative estimate of drug-likeness (QED) is 0.302. The van der Waals surface area contributed by atoms with Crippen molar-refractivity contribution in [1.82, 2.24) is 4.31 Å². The molecule has 0 aliphatic carbocycles. The van der Waals surface area contributed by atoms with E-state index in [1.807, 2.05) is 66.7 Å². The molecule has 5 aromatic rings. The van der Waals surface area contributed by atoms with Gasteiger partial charge in [0.1, 0.15) is 33.8 Å². The fourth-order valence-electron chi connectivity index (χ4n) is 3.85. The molecule has 0 aliphatic rings. The number of aliphatic hydroxyl groups is 1. The van der Waals surface area contributed by atoms with Gasteiger partial charge in [0, 0.05) is 23.9 Å². The smallest absolute Gasteiger partial charge is 0.252 e. The first-order valence-electron chi connectivity index (χ1n) is 10.8. The molecule has 3 aromatic carbocycles. The summed E-state index contributed by atoms with van der Waals surface area (Å²) in [6.45, 7) is 0.0175. The maximum atomic E-state index is 13.2. The summed E-state index contributed by atoms with van der Waals surface area (Å²) in [6, 6.07) is 25.9. The zero-order valence-corrected chi connectivity index (χ0v) is 19.8. The summed E-state index contributed by atoms with van der Waals surface area (Å²) in [4.78, 5) is 0. The Hall–Kier alpha value is -3.17. The van der Waals surface area contributed by atoms with Crippen LogP contribution in [-0.4, -0.2) is 37.1 Å². The van der Waals surface area contributed by atoms with Crippen LogP contribution in [0.3, 0.4) is 0 Å². The molecular weight excluding hydrogens is 470 g/mol. The zero-order chi connectivity index (χ0) is 23.5. The van der Waals surface area contributed by atoms with Crippen molar-refractivity contribution in [3.05, 3.63) is 95.9 Å². The molecule has 1 N–H and O–H groups in total. The van der Waals surface area contributed by atoms with E-state index >= 15 is 0 Å². The third-order valence-electron chi connectivity index (χ3n) is 5.50. The first-order valence-corrected chi connectivity index (χ1v) is 13.1. The van der Waals surface area contributed by atoms with Crippen LogP contribution in [0.2, 0.25) is 0 Å². The van der Waals surface area contributed by atoms with Crippen LogP contribution in [0.25, 0.3) is 21.9 Å². The minimum absolute atomic E-state index is 0.0491. The minimum Gasteiger partial charge on any atom is -0.491 e. The highest BCUT2D eigenvalue weighted by Gasteiger charge is 2.28. The van der Waals surface area contributed by atoms with Crippen LogP contribution in [0.5, 0.6) is 5.75 Å². The molecule has 0 radical (unpaired) electrons. The number of nitrogens with zero attached hydrogens (tertiary/aromatic N) is 1. The van der Waals surface area contributed by atoms with Gasteiger partial charge >= 0.3 is 0 Å². The van der Waals surface area contributed by atoms with Gasteiger partial charge in [-0.25, -0.2) is 8.42 Å². The summed E-state index contributed by atoms with van der Waals surface area (Å²) in [5, 5.41) is 14.4. The van der Waals surface area contributed by atoms with Gasteiger partial charge in [0.05, 0.1) is 0 Å². The average Bonchev–Trinajstić information content (AvgIpc) is 3.52. The number of benzene rings is 3. The molecule has 2 heterocycles. The molecule has 1 atom stereocenters. The number of para-hydroxylation sites is 1. The van der Waals surface area contributed by atoms with Crippen LogP contribution in [0.4, 0.5) is 0 Å². The van der Waals surface area contributed by atoms with Gasteiger partial charge in [0.2, 0.25) is 0 Å². The van der Waals surface area contributed by atoms with Crippen molar-refractivity contribution < 1.29 is 22.7 Å². The summed E-state index contributed by atoms with van der Waals surface area (Å²) in [5.74, 6) is 0.578. The van der Waals surface area contributed by atoms with Gasteiger partial charge in [-0.05, 0) is 41.3 Å². The summed E-state index contributed by atoms with van der Waals surface area (Å²) >= 11 is 1.16. The SMILES string of the molecule is O=S(=O)(c1cccs1)N(Cc1ccccc1)C[C@H](O)COc1ccc2oc3ccccc3c2c1. The average molecular weight is 494 g/mol. The molecule has 0 spiro atoms. The summed E-state index contributed by atoms with van der Waals surface area (Å²) < 4.78 is 39.7. The molecule has 174 valence electrons. The lowest BCUT2D eigenvalue weighted by Crippen LogP contribution is -2.39. The van der Waals surface area contributed by atoms with E-state index in [9.17, 15) is 13.5 Å². The van der Waals surface area contributed by atoms with Crippen LogP contribution in [0.1, 0.15) is 5.56 Å². The van der Waals surface area contributed by atoms with Crippen LogP contribution in [0.15, 0.2) is 98.9 Å². The lowest BCUT2D eigenvalue weighted by Gasteiger charge is -2.24. The molecule has 2 aromatic heterocycles. The highest BCUT2D eigenvalue weighted by atomic mass is 32.2. The Kier molecular flexibility index (Phi) is 6.38. The molecular formula is C26H23NO5S2. The Morgan fingerprint density at radius 3 is 2.47 bits per heavy atom. The molecule has 8 heteroatoms. The van der Waals surface area contributed by atoms with E-state index in [0.717, 1.165) is 38.8 Å². The number of hydrogen-bond donors (Lipinski definition) is 1. The summed E-state index contributed by atoms with van der Waals surface area (Å²) in [6.07, 6.45) is -1.02. The van der Waals surface area contributed by atoms with Crippen molar-refractivity contribution in [3.63, 3.8) is 0 Å². The second-order valence-corrected chi connectivity index (χ2v) is 11.0. The van der Waals surface area contributed by atoms with E-state index in [0.29, 0.717) is 5.75 Å².